The number of anilines is 2. The SMILES string of the molecule is CN1CCN(c2ccc([N+](=O)[O-])cc2C=Nc2ccc(N3CCOCC3)c(S(=O)(=O)N3CCOCC3)c2)CC1. The van der Waals surface area contributed by atoms with E-state index in [1.165, 1.54) is 16.4 Å². The summed E-state index contributed by atoms with van der Waals surface area (Å²) in [7, 11) is -1.73. The molecule has 12 nitrogen and oxygen atoms in total. The average Bonchev–Trinajstić information content (AvgIpc) is 2.97. The molecule has 0 bridgehead atoms. The molecule has 0 radical (unpaired) electrons. The molecule has 0 spiro atoms. The summed E-state index contributed by atoms with van der Waals surface area (Å²) in [5.74, 6) is 0. The number of nitro benzene ring substituents is 1. The summed E-state index contributed by atoms with van der Waals surface area (Å²) in [6.45, 7) is 6.90. The predicted molar refractivity (Wildman–Crippen MR) is 149 cm³/mol. The summed E-state index contributed by atoms with van der Waals surface area (Å²) in [4.78, 5) is 22.3. The lowest BCUT2D eigenvalue weighted by atomic mass is 10.1. The van der Waals surface area contributed by atoms with Crippen LogP contribution in [0, 0.1) is 10.1 Å². The van der Waals surface area contributed by atoms with Crippen molar-refractivity contribution in [2.24, 2.45) is 4.99 Å². The first-order chi connectivity index (χ1) is 18.8. The molecule has 0 saturated carbocycles. The van der Waals surface area contributed by atoms with Crippen molar-refractivity contribution in [3.63, 3.8) is 0 Å². The maximum absolute atomic E-state index is 13.8. The molecule has 0 aliphatic carbocycles. The number of morpholine rings is 2. The Bertz CT molecular complexity index is 1320. The molecule has 2 aromatic carbocycles. The Morgan fingerprint density at radius 3 is 2.13 bits per heavy atom. The van der Waals surface area contributed by atoms with Crippen LogP contribution in [-0.2, 0) is 19.5 Å². The van der Waals surface area contributed by atoms with Crippen LogP contribution in [0.4, 0.5) is 22.7 Å². The van der Waals surface area contributed by atoms with E-state index in [0.717, 1.165) is 31.9 Å². The van der Waals surface area contributed by atoms with Crippen molar-refractivity contribution in [1.82, 2.24) is 9.21 Å². The van der Waals surface area contributed by atoms with E-state index in [0.29, 0.717) is 69.5 Å². The van der Waals surface area contributed by atoms with Crippen LogP contribution in [0.25, 0.3) is 0 Å². The van der Waals surface area contributed by atoms with Gasteiger partial charge >= 0.3 is 0 Å². The largest absolute Gasteiger partial charge is 0.379 e. The Morgan fingerprint density at radius 1 is 0.846 bits per heavy atom. The maximum atomic E-state index is 13.8. The Hall–Kier alpha value is -3.10. The van der Waals surface area contributed by atoms with Crippen molar-refractivity contribution >= 4 is 39.0 Å². The third-order valence-corrected chi connectivity index (χ3v) is 9.23. The van der Waals surface area contributed by atoms with Crippen molar-refractivity contribution in [1.29, 1.82) is 0 Å². The number of aliphatic imine (C=N–C) groups is 1. The molecule has 0 atom stereocenters. The van der Waals surface area contributed by atoms with Crippen molar-refractivity contribution in [2.45, 2.75) is 4.90 Å². The average molecular weight is 559 g/mol. The molecule has 3 aliphatic rings. The lowest BCUT2D eigenvalue weighted by molar-refractivity contribution is -0.384. The second kappa shape index (κ2) is 12.0. The third-order valence-electron chi connectivity index (χ3n) is 7.30. The molecule has 3 saturated heterocycles. The van der Waals surface area contributed by atoms with Gasteiger partial charge in [0, 0.05) is 82.0 Å². The molecule has 0 unspecified atom stereocenters. The highest BCUT2D eigenvalue weighted by Crippen LogP contribution is 2.33. The van der Waals surface area contributed by atoms with Crippen LogP contribution < -0.4 is 9.80 Å². The summed E-state index contributed by atoms with van der Waals surface area (Å²) >= 11 is 0. The molecule has 13 heteroatoms. The number of nitro groups is 1. The van der Waals surface area contributed by atoms with E-state index in [4.69, 9.17) is 9.47 Å². The maximum Gasteiger partial charge on any atom is 0.270 e. The minimum absolute atomic E-state index is 0.0208. The molecule has 0 amide bonds. The number of hydrogen-bond donors (Lipinski definition) is 0. The summed E-state index contributed by atoms with van der Waals surface area (Å²) in [5.41, 5.74) is 2.53. The Morgan fingerprint density at radius 2 is 1.46 bits per heavy atom. The first kappa shape index (κ1) is 27.5. The molecule has 0 N–H and O–H groups in total. The van der Waals surface area contributed by atoms with Gasteiger partial charge < -0.3 is 24.2 Å². The second-order valence-corrected chi connectivity index (χ2v) is 11.7. The first-order valence-electron chi connectivity index (χ1n) is 13.1. The fraction of sp³-hybridized carbons (Fsp3) is 0.500. The number of non-ortho nitro benzene ring substituents is 1. The topological polar surface area (TPSA) is 121 Å². The summed E-state index contributed by atoms with van der Waals surface area (Å²) in [6.07, 6.45) is 1.59. The number of benzene rings is 2. The Balaban J connectivity index is 1.51. The molecule has 3 fully saturated rings. The number of hydrogen-bond acceptors (Lipinski definition) is 10. The van der Waals surface area contributed by atoms with Crippen LogP contribution in [0.5, 0.6) is 0 Å². The highest BCUT2D eigenvalue weighted by atomic mass is 32.2. The van der Waals surface area contributed by atoms with Crippen LogP contribution in [-0.4, -0.2) is 115 Å². The fourth-order valence-corrected chi connectivity index (χ4v) is 6.66. The van der Waals surface area contributed by atoms with Crippen LogP contribution in [0.15, 0.2) is 46.3 Å². The van der Waals surface area contributed by atoms with Gasteiger partial charge in [0.2, 0.25) is 10.0 Å². The molecule has 0 aromatic heterocycles. The van der Waals surface area contributed by atoms with E-state index in [1.807, 2.05) is 4.90 Å². The Labute approximate surface area is 228 Å². The monoisotopic (exact) mass is 558 g/mol. The van der Waals surface area contributed by atoms with Gasteiger partial charge in [-0.25, -0.2) is 8.42 Å². The predicted octanol–water partition coefficient (Wildman–Crippen LogP) is 1.95. The Kier molecular flexibility index (Phi) is 8.43. The standard InChI is InChI=1S/C26H34N6O6S/c1-28-6-8-29(9-7-28)24-5-3-23(32(33)34)18-21(24)20-27-22-2-4-25(30-10-14-37-15-11-30)26(19-22)39(35,36)31-12-16-38-17-13-31/h2-5,18-20H,6-17H2,1H3. The number of piperazine rings is 1. The van der Waals surface area contributed by atoms with Gasteiger partial charge in [-0.1, -0.05) is 0 Å². The van der Waals surface area contributed by atoms with Gasteiger partial charge in [0.1, 0.15) is 4.90 Å². The van der Waals surface area contributed by atoms with Gasteiger partial charge in [0.15, 0.2) is 0 Å². The van der Waals surface area contributed by atoms with Gasteiger partial charge in [0.05, 0.1) is 42.7 Å². The van der Waals surface area contributed by atoms with Gasteiger partial charge in [-0.3, -0.25) is 15.1 Å². The molecule has 210 valence electrons. The van der Waals surface area contributed by atoms with Crippen LogP contribution in [0.3, 0.4) is 0 Å². The zero-order chi connectivity index (χ0) is 27.4. The van der Waals surface area contributed by atoms with Crippen LogP contribution in [0.2, 0.25) is 0 Å². The van der Waals surface area contributed by atoms with Gasteiger partial charge in [-0.15, -0.1) is 0 Å². The van der Waals surface area contributed by atoms with E-state index in [-0.39, 0.29) is 10.6 Å². The van der Waals surface area contributed by atoms with E-state index in [2.05, 4.69) is 21.8 Å². The van der Waals surface area contributed by atoms with E-state index in [9.17, 15) is 18.5 Å². The molecule has 3 aliphatic heterocycles. The zero-order valence-corrected chi connectivity index (χ0v) is 22.9. The summed E-state index contributed by atoms with van der Waals surface area (Å²) in [5, 5.41) is 11.5. The number of ether oxygens (including phenoxy) is 2. The first-order valence-corrected chi connectivity index (χ1v) is 14.6. The number of nitrogens with zero attached hydrogens (tertiary/aromatic N) is 6. The third kappa shape index (κ3) is 6.23. The van der Waals surface area contributed by atoms with Crippen molar-refractivity contribution in [2.75, 3.05) is 95.6 Å². The number of sulfonamides is 1. The van der Waals surface area contributed by atoms with Crippen molar-refractivity contribution in [3.05, 3.63) is 52.1 Å². The zero-order valence-electron chi connectivity index (χ0n) is 22.1. The van der Waals surface area contributed by atoms with Gasteiger partial charge in [-0.05, 0) is 31.3 Å². The van der Waals surface area contributed by atoms with Crippen molar-refractivity contribution < 1.29 is 22.8 Å². The quantitative estimate of drug-likeness (QED) is 0.285. The van der Waals surface area contributed by atoms with Gasteiger partial charge in [-0.2, -0.15) is 4.31 Å². The summed E-state index contributed by atoms with van der Waals surface area (Å²) in [6, 6.07) is 9.96. The van der Waals surface area contributed by atoms with Gasteiger partial charge in [0.25, 0.3) is 5.69 Å². The minimum atomic E-state index is -3.80. The lowest BCUT2D eigenvalue weighted by Crippen LogP contribution is -2.44. The smallest absolute Gasteiger partial charge is 0.270 e. The normalized spacial score (nSPS) is 20.0. The lowest BCUT2D eigenvalue weighted by Gasteiger charge is -2.34. The van der Waals surface area contributed by atoms with E-state index >= 15 is 0 Å². The highest BCUT2D eigenvalue weighted by Gasteiger charge is 2.31. The minimum Gasteiger partial charge on any atom is -0.379 e. The second-order valence-electron chi connectivity index (χ2n) is 9.82. The van der Waals surface area contributed by atoms with Crippen molar-refractivity contribution in [3.8, 4) is 0 Å². The number of likely N-dealkylation sites (N-methyl/N-ethyl adjacent to an activating group) is 1. The van der Waals surface area contributed by atoms with E-state index in [1.54, 1.807) is 30.5 Å². The van der Waals surface area contributed by atoms with E-state index < -0.39 is 14.9 Å². The molecule has 2 aromatic rings. The van der Waals surface area contributed by atoms with Crippen LogP contribution in [0.1, 0.15) is 5.56 Å². The summed E-state index contributed by atoms with van der Waals surface area (Å²) < 4.78 is 39.8. The molecule has 3 heterocycles. The highest BCUT2D eigenvalue weighted by molar-refractivity contribution is 7.89. The number of rotatable bonds is 7. The molecular formula is C26H34N6O6S. The molecular weight excluding hydrogens is 524 g/mol. The fourth-order valence-electron chi connectivity index (χ4n) is 5.02. The van der Waals surface area contributed by atoms with Crippen LogP contribution >= 0.6 is 0 Å². The molecule has 39 heavy (non-hydrogen) atoms. The molecule has 5 rings (SSSR count).